The number of hydrogen-bond donors (Lipinski definition) is 2. The Morgan fingerprint density at radius 1 is 1.29 bits per heavy atom. The molecule has 0 aromatic rings. The molecule has 0 amide bonds. The van der Waals surface area contributed by atoms with Crippen LogP contribution >= 0.6 is 0 Å². The van der Waals surface area contributed by atoms with E-state index in [0.717, 1.165) is 12.5 Å². The van der Waals surface area contributed by atoms with Crippen LogP contribution in [0.3, 0.4) is 0 Å². The van der Waals surface area contributed by atoms with Gasteiger partial charge in [-0.2, -0.15) is 0 Å². The average Bonchev–Trinajstić information content (AvgIpc) is 2.13. The normalized spacial score (nSPS) is 24.8. The summed E-state index contributed by atoms with van der Waals surface area (Å²) in [6, 6.07) is 0. The van der Waals surface area contributed by atoms with E-state index in [-0.39, 0.29) is 0 Å². The van der Waals surface area contributed by atoms with Crippen molar-refractivity contribution in [3.63, 3.8) is 0 Å². The molecule has 1 aliphatic carbocycles. The summed E-state index contributed by atoms with van der Waals surface area (Å²) in [5.74, 6) is 0.747. The van der Waals surface area contributed by atoms with Gasteiger partial charge in [0, 0.05) is 13.1 Å². The van der Waals surface area contributed by atoms with E-state index in [0.29, 0.717) is 18.5 Å². The molecule has 1 fully saturated rings. The molecule has 1 rings (SSSR count). The molecular weight excluding hydrogens is 236 g/mol. The van der Waals surface area contributed by atoms with Crippen LogP contribution < -0.4 is 10.0 Å². The van der Waals surface area contributed by atoms with E-state index in [9.17, 15) is 8.42 Å². The lowest BCUT2D eigenvalue weighted by atomic mass is 9.72. The Bertz CT molecular complexity index is 325. The Labute approximate surface area is 106 Å². The van der Waals surface area contributed by atoms with Crippen molar-refractivity contribution in [2.24, 2.45) is 11.3 Å². The van der Waals surface area contributed by atoms with Crippen molar-refractivity contribution in [3.8, 4) is 0 Å². The summed E-state index contributed by atoms with van der Waals surface area (Å²) >= 11 is 0. The minimum atomic E-state index is -3.04. The molecule has 0 heterocycles. The third kappa shape index (κ3) is 7.01. The summed E-state index contributed by atoms with van der Waals surface area (Å²) in [5.41, 5.74) is 0.482. The zero-order chi connectivity index (χ0) is 12.9. The number of rotatable bonds is 6. The van der Waals surface area contributed by atoms with Gasteiger partial charge in [-0.1, -0.05) is 20.3 Å². The first-order chi connectivity index (χ1) is 7.79. The van der Waals surface area contributed by atoms with Crippen molar-refractivity contribution in [2.75, 3.05) is 25.9 Å². The van der Waals surface area contributed by atoms with E-state index >= 15 is 0 Å². The minimum Gasteiger partial charge on any atom is -0.315 e. The summed E-state index contributed by atoms with van der Waals surface area (Å²) < 4.78 is 24.2. The molecule has 102 valence electrons. The maximum absolute atomic E-state index is 10.8. The van der Waals surface area contributed by atoms with Gasteiger partial charge in [0.05, 0.1) is 6.26 Å². The predicted molar refractivity (Wildman–Crippen MR) is 71.5 cm³/mol. The lowest BCUT2D eigenvalue weighted by Gasteiger charge is -2.35. The Morgan fingerprint density at radius 2 is 2.00 bits per heavy atom. The third-order valence-electron chi connectivity index (χ3n) is 3.41. The molecule has 1 aliphatic rings. The van der Waals surface area contributed by atoms with E-state index < -0.39 is 10.0 Å². The van der Waals surface area contributed by atoms with Crippen molar-refractivity contribution in [1.29, 1.82) is 0 Å². The third-order valence-corrected chi connectivity index (χ3v) is 4.13. The van der Waals surface area contributed by atoms with Crippen LogP contribution in [0.15, 0.2) is 0 Å². The molecule has 1 saturated carbocycles. The molecule has 17 heavy (non-hydrogen) atoms. The number of nitrogens with one attached hydrogen (secondary N) is 2. The monoisotopic (exact) mass is 262 g/mol. The first-order valence-electron chi connectivity index (χ1n) is 6.44. The van der Waals surface area contributed by atoms with Crippen LogP contribution in [-0.2, 0) is 10.0 Å². The second-order valence-corrected chi connectivity index (χ2v) is 7.83. The van der Waals surface area contributed by atoms with Crippen molar-refractivity contribution < 1.29 is 8.42 Å². The highest BCUT2D eigenvalue weighted by Gasteiger charge is 2.27. The molecule has 2 N–H and O–H groups in total. The van der Waals surface area contributed by atoms with Crippen LogP contribution in [-0.4, -0.2) is 34.3 Å². The summed E-state index contributed by atoms with van der Waals surface area (Å²) in [7, 11) is -3.04. The first kappa shape index (κ1) is 14.9. The predicted octanol–water partition coefficient (Wildman–Crippen LogP) is 1.34. The second-order valence-electron chi connectivity index (χ2n) is 6.00. The van der Waals surface area contributed by atoms with Gasteiger partial charge < -0.3 is 5.32 Å². The molecule has 4 nitrogen and oxygen atoms in total. The van der Waals surface area contributed by atoms with Crippen LogP contribution in [0.2, 0.25) is 0 Å². The molecule has 1 unspecified atom stereocenters. The van der Waals surface area contributed by atoms with Gasteiger partial charge in [-0.15, -0.1) is 0 Å². The zero-order valence-corrected chi connectivity index (χ0v) is 12.1. The fraction of sp³-hybridized carbons (Fsp3) is 1.00. The SMILES string of the molecule is CC1(C)CCCC(CNCCNS(C)(=O)=O)C1. The maximum atomic E-state index is 10.8. The van der Waals surface area contributed by atoms with Gasteiger partial charge in [0.2, 0.25) is 10.0 Å². The van der Waals surface area contributed by atoms with Crippen molar-refractivity contribution in [1.82, 2.24) is 10.0 Å². The van der Waals surface area contributed by atoms with Crippen LogP contribution in [0.4, 0.5) is 0 Å². The molecule has 1 atom stereocenters. The van der Waals surface area contributed by atoms with Gasteiger partial charge in [0.1, 0.15) is 0 Å². The van der Waals surface area contributed by atoms with E-state index in [1.54, 1.807) is 0 Å². The zero-order valence-electron chi connectivity index (χ0n) is 11.3. The maximum Gasteiger partial charge on any atom is 0.208 e. The second kappa shape index (κ2) is 6.16. The van der Waals surface area contributed by atoms with Crippen LogP contribution in [0.25, 0.3) is 0 Å². The summed E-state index contributed by atoms with van der Waals surface area (Å²) in [4.78, 5) is 0. The fourth-order valence-electron chi connectivity index (χ4n) is 2.66. The topological polar surface area (TPSA) is 58.2 Å². The molecule has 0 radical (unpaired) electrons. The van der Waals surface area contributed by atoms with Gasteiger partial charge in [-0.05, 0) is 37.1 Å². The van der Waals surface area contributed by atoms with Gasteiger partial charge in [0.15, 0.2) is 0 Å². The van der Waals surface area contributed by atoms with Crippen LogP contribution in [0.5, 0.6) is 0 Å². The number of sulfonamides is 1. The Kier molecular flexibility index (Phi) is 5.41. The summed E-state index contributed by atoms with van der Waals surface area (Å²) in [5, 5.41) is 3.34. The molecule has 0 aliphatic heterocycles. The van der Waals surface area contributed by atoms with E-state index in [4.69, 9.17) is 0 Å². The largest absolute Gasteiger partial charge is 0.315 e. The molecule has 0 saturated heterocycles. The lowest BCUT2D eigenvalue weighted by Crippen LogP contribution is -2.35. The highest BCUT2D eigenvalue weighted by atomic mass is 32.2. The Hall–Kier alpha value is -0.130. The van der Waals surface area contributed by atoms with Crippen molar-refractivity contribution in [3.05, 3.63) is 0 Å². The molecule has 5 heteroatoms. The molecule has 0 aromatic heterocycles. The standard InChI is InChI=1S/C12H26N2O2S/c1-12(2)6-4-5-11(9-12)10-13-7-8-14-17(3,15)16/h11,13-14H,4-10H2,1-3H3. The minimum absolute atomic E-state index is 0.481. The van der Waals surface area contributed by atoms with Crippen molar-refractivity contribution in [2.45, 2.75) is 39.5 Å². The summed E-state index contributed by atoms with van der Waals surface area (Å²) in [6.45, 7) is 6.88. The fourth-order valence-corrected chi connectivity index (χ4v) is 3.13. The first-order valence-corrected chi connectivity index (χ1v) is 8.33. The van der Waals surface area contributed by atoms with Gasteiger partial charge in [-0.3, -0.25) is 0 Å². The highest BCUT2D eigenvalue weighted by molar-refractivity contribution is 7.88. The van der Waals surface area contributed by atoms with Gasteiger partial charge >= 0.3 is 0 Å². The molecular formula is C12H26N2O2S. The van der Waals surface area contributed by atoms with E-state index in [2.05, 4.69) is 23.9 Å². The molecule has 0 aromatic carbocycles. The van der Waals surface area contributed by atoms with Crippen molar-refractivity contribution >= 4 is 10.0 Å². The van der Waals surface area contributed by atoms with E-state index in [1.165, 1.54) is 31.9 Å². The van der Waals surface area contributed by atoms with Gasteiger partial charge in [0.25, 0.3) is 0 Å². The quantitative estimate of drug-likeness (QED) is 0.710. The highest BCUT2D eigenvalue weighted by Crippen LogP contribution is 2.38. The van der Waals surface area contributed by atoms with Crippen LogP contribution in [0.1, 0.15) is 39.5 Å². The smallest absolute Gasteiger partial charge is 0.208 e. The lowest BCUT2D eigenvalue weighted by molar-refractivity contribution is 0.178. The number of hydrogen-bond acceptors (Lipinski definition) is 3. The van der Waals surface area contributed by atoms with E-state index in [1.807, 2.05) is 0 Å². The summed E-state index contributed by atoms with van der Waals surface area (Å²) in [6.07, 6.45) is 6.42. The molecule has 0 bridgehead atoms. The van der Waals surface area contributed by atoms with Crippen LogP contribution in [0, 0.1) is 11.3 Å². The molecule has 0 spiro atoms. The Balaban J connectivity index is 2.11. The van der Waals surface area contributed by atoms with Gasteiger partial charge in [-0.25, -0.2) is 13.1 Å². The Morgan fingerprint density at radius 3 is 2.59 bits per heavy atom. The average molecular weight is 262 g/mol.